The van der Waals surface area contributed by atoms with Gasteiger partial charge < -0.3 is 0 Å². The molecule has 0 fully saturated rings. The number of halogens is 1. The van der Waals surface area contributed by atoms with Gasteiger partial charge in [0.15, 0.2) is 0 Å². The van der Waals surface area contributed by atoms with Gasteiger partial charge in [0.05, 0.1) is 5.69 Å². The average Bonchev–Trinajstić information content (AvgIpc) is 2.66. The van der Waals surface area contributed by atoms with Gasteiger partial charge in [-0.25, -0.2) is 0 Å². The third-order valence-corrected chi connectivity index (χ3v) is 3.00. The molecule has 0 atom stereocenters. The van der Waals surface area contributed by atoms with Gasteiger partial charge in [-0.2, -0.15) is 0 Å². The average molecular weight is 222 g/mol. The topological polar surface area (TPSA) is 12.9 Å². The number of nitrogens with zero attached hydrogens (tertiary/aromatic N) is 1. The Morgan fingerprint density at radius 1 is 1.43 bits per heavy atom. The van der Waals surface area contributed by atoms with Crippen molar-refractivity contribution >= 4 is 29.0 Å². The van der Waals surface area contributed by atoms with E-state index in [0.717, 1.165) is 16.1 Å². The van der Waals surface area contributed by atoms with Gasteiger partial charge in [-0.1, -0.05) is 24.3 Å². The molecule has 0 saturated heterocycles. The first-order valence-corrected chi connectivity index (χ1v) is 5.38. The van der Waals surface area contributed by atoms with Crippen LogP contribution in [-0.2, 0) is 0 Å². The van der Waals surface area contributed by atoms with E-state index in [2.05, 4.69) is 23.0 Å². The van der Waals surface area contributed by atoms with E-state index in [-0.39, 0.29) is 0 Å². The molecule has 0 aromatic carbocycles. The van der Waals surface area contributed by atoms with E-state index in [1.54, 1.807) is 23.6 Å². The SMILES string of the molecule is C=Cc1cc(-c2cc(Cl)ccn2)cs1. The fraction of sp³-hybridized carbons (Fsp3) is 0. The van der Waals surface area contributed by atoms with Crippen molar-refractivity contribution in [1.29, 1.82) is 0 Å². The van der Waals surface area contributed by atoms with Crippen molar-refractivity contribution in [2.75, 3.05) is 0 Å². The Bertz CT molecular complexity index is 462. The predicted molar refractivity (Wildman–Crippen MR) is 62.7 cm³/mol. The van der Waals surface area contributed by atoms with Gasteiger partial charge in [0.2, 0.25) is 0 Å². The predicted octanol–water partition coefficient (Wildman–Crippen LogP) is 4.11. The van der Waals surface area contributed by atoms with Crippen LogP contribution in [0.4, 0.5) is 0 Å². The van der Waals surface area contributed by atoms with Gasteiger partial charge in [0, 0.05) is 27.0 Å². The van der Waals surface area contributed by atoms with E-state index in [0.29, 0.717) is 5.02 Å². The summed E-state index contributed by atoms with van der Waals surface area (Å²) in [6.07, 6.45) is 3.54. The maximum Gasteiger partial charge on any atom is 0.0725 e. The highest BCUT2D eigenvalue weighted by molar-refractivity contribution is 7.11. The van der Waals surface area contributed by atoms with E-state index in [1.807, 2.05) is 12.1 Å². The van der Waals surface area contributed by atoms with Crippen molar-refractivity contribution in [2.45, 2.75) is 0 Å². The molecule has 0 saturated carbocycles. The minimum absolute atomic E-state index is 0.710. The molecule has 2 aromatic heterocycles. The van der Waals surface area contributed by atoms with Gasteiger partial charge in [-0.05, 0) is 18.2 Å². The van der Waals surface area contributed by atoms with Crippen molar-refractivity contribution in [3.63, 3.8) is 0 Å². The van der Waals surface area contributed by atoms with E-state index in [9.17, 15) is 0 Å². The zero-order chi connectivity index (χ0) is 9.97. The molecule has 2 heterocycles. The maximum absolute atomic E-state index is 5.88. The lowest BCUT2D eigenvalue weighted by Crippen LogP contribution is -1.78. The molecule has 1 nitrogen and oxygen atoms in total. The minimum atomic E-state index is 0.710. The van der Waals surface area contributed by atoms with E-state index in [1.165, 1.54) is 0 Å². The molecule has 0 aliphatic heterocycles. The van der Waals surface area contributed by atoms with Crippen LogP contribution < -0.4 is 0 Å². The van der Waals surface area contributed by atoms with Crippen LogP contribution in [0.5, 0.6) is 0 Å². The Hall–Kier alpha value is -1.12. The van der Waals surface area contributed by atoms with Gasteiger partial charge in [0.25, 0.3) is 0 Å². The quantitative estimate of drug-likeness (QED) is 0.744. The van der Waals surface area contributed by atoms with Crippen molar-refractivity contribution in [3.05, 3.63) is 46.3 Å². The third kappa shape index (κ3) is 1.86. The molecular weight excluding hydrogens is 214 g/mol. The molecular formula is C11H8ClNS. The van der Waals surface area contributed by atoms with Gasteiger partial charge in [-0.15, -0.1) is 11.3 Å². The third-order valence-electron chi connectivity index (χ3n) is 1.84. The zero-order valence-corrected chi connectivity index (χ0v) is 8.98. The van der Waals surface area contributed by atoms with Crippen molar-refractivity contribution in [2.24, 2.45) is 0 Å². The summed E-state index contributed by atoms with van der Waals surface area (Å²) in [7, 11) is 0. The summed E-state index contributed by atoms with van der Waals surface area (Å²) in [5.74, 6) is 0. The molecule has 0 aliphatic rings. The summed E-state index contributed by atoms with van der Waals surface area (Å²) < 4.78 is 0. The molecule has 0 unspecified atom stereocenters. The summed E-state index contributed by atoms with van der Waals surface area (Å²) in [5, 5.41) is 2.76. The number of hydrogen-bond acceptors (Lipinski definition) is 2. The Kier molecular flexibility index (Phi) is 2.66. The van der Waals surface area contributed by atoms with E-state index < -0.39 is 0 Å². The van der Waals surface area contributed by atoms with Crippen LogP contribution in [0.3, 0.4) is 0 Å². The van der Waals surface area contributed by atoms with Crippen LogP contribution in [-0.4, -0.2) is 4.98 Å². The second kappa shape index (κ2) is 3.95. The summed E-state index contributed by atoms with van der Waals surface area (Å²) in [6.45, 7) is 3.72. The highest BCUT2D eigenvalue weighted by atomic mass is 35.5. The van der Waals surface area contributed by atoms with Crippen LogP contribution in [0.1, 0.15) is 4.88 Å². The highest BCUT2D eigenvalue weighted by Gasteiger charge is 2.02. The fourth-order valence-corrected chi connectivity index (χ4v) is 2.06. The standard InChI is InChI=1S/C11H8ClNS/c1-2-10-5-8(7-14-10)11-6-9(12)3-4-13-11/h2-7H,1H2. The molecule has 0 radical (unpaired) electrons. The Morgan fingerprint density at radius 2 is 2.29 bits per heavy atom. The molecule has 0 amide bonds. The molecule has 14 heavy (non-hydrogen) atoms. The number of pyridine rings is 1. The highest BCUT2D eigenvalue weighted by Crippen LogP contribution is 2.26. The van der Waals surface area contributed by atoms with E-state index >= 15 is 0 Å². The molecule has 0 spiro atoms. The van der Waals surface area contributed by atoms with Crippen LogP contribution in [0.2, 0.25) is 5.02 Å². The Labute approximate surface area is 91.7 Å². The monoisotopic (exact) mass is 221 g/mol. The van der Waals surface area contributed by atoms with Crippen LogP contribution >= 0.6 is 22.9 Å². The smallest absolute Gasteiger partial charge is 0.0725 e. The van der Waals surface area contributed by atoms with Crippen molar-refractivity contribution < 1.29 is 0 Å². The van der Waals surface area contributed by atoms with Crippen molar-refractivity contribution in [3.8, 4) is 11.3 Å². The second-order valence-corrected chi connectivity index (χ2v) is 4.18. The summed E-state index contributed by atoms with van der Waals surface area (Å²) in [6, 6.07) is 5.68. The lowest BCUT2D eigenvalue weighted by atomic mass is 10.2. The summed E-state index contributed by atoms with van der Waals surface area (Å²) >= 11 is 7.53. The van der Waals surface area contributed by atoms with Gasteiger partial charge in [0.1, 0.15) is 0 Å². The molecule has 0 aliphatic carbocycles. The number of rotatable bonds is 2. The minimum Gasteiger partial charge on any atom is -0.256 e. The largest absolute Gasteiger partial charge is 0.256 e. The van der Waals surface area contributed by atoms with Crippen LogP contribution in [0, 0.1) is 0 Å². The molecule has 2 rings (SSSR count). The van der Waals surface area contributed by atoms with Crippen LogP contribution in [0.15, 0.2) is 36.4 Å². The first kappa shape index (κ1) is 9.44. The first-order chi connectivity index (χ1) is 6.79. The summed E-state index contributed by atoms with van der Waals surface area (Å²) in [4.78, 5) is 5.39. The fourth-order valence-electron chi connectivity index (χ4n) is 1.16. The first-order valence-electron chi connectivity index (χ1n) is 4.12. The number of thiophene rings is 1. The lowest BCUT2D eigenvalue weighted by Gasteiger charge is -1.95. The Balaban J connectivity index is 2.43. The van der Waals surface area contributed by atoms with E-state index in [4.69, 9.17) is 11.6 Å². The molecule has 3 heteroatoms. The number of hydrogen-bond donors (Lipinski definition) is 0. The summed E-state index contributed by atoms with van der Waals surface area (Å²) in [5.41, 5.74) is 1.99. The molecule has 2 aromatic rings. The van der Waals surface area contributed by atoms with Gasteiger partial charge in [-0.3, -0.25) is 4.98 Å². The molecule has 0 N–H and O–H groups in total. The van der Waals surface area contributed by atoms with Crippen LogP contribution in [0.25, 0.3) is 17.3 Å². The van der Waals surface area contributed by atoms with Gasteiger partial charge >= 0.3 is 0 Å². The Morgan fingerprint density at radius 3 is 2.93 bits per heavy atom. The molecule has 0 bridgehead atoms. The lowest BCUT2D eigenvalue weighted by molar-refractivity contribution is 1.33. The van der Waals surface area contributed by atoms with Crippen molar-refractivity contribution in [1.82, 2.24) is 4.98 Å². The second-order valence-electron chi connectivity index (χ2n) is 2.80. The normalized spacial score (nSPS) is 10.1. The maximum atomic E-state index is 5.88. The molecule has 70 valence electrons. The zero-order valence-electron chi connectivity index (χ0n) is 7.40. The number of aromatic nitrogens is 1.